The van der Waals surface area contributed by atoms with Gasteiger partial charge < -0.3 is 14.5 Å². The van der Waals surface area contributed by atoms with E-state index in [2.05, 4.69) is 36.0 Å². The van der Waals surface area contributed by atoms with Gasteiger partial charge in [0, 0.05) is 31.5 Å². The lowest BCUT2D eigenvalue weighted by atomic mass is 9.86. The largest absolute Gasteiger partial charge is 0.497 e. The number of rotatable bonds is 6. The SMILES string of the molecule is COc1ccc([C@@H]2CN(C(=O)CCC3CCCCC3)C[C@H]2N(C)C)cc1. The first kappa shape index (κ1) is 19.2. The predicted molar refractivity (Wildman–Crippen MR) is 106 cm³/mol. The molecule has 1 saturated carbocycles. The van der Waals surface area contributed by atoms with Crippen LogP contribution in [0.1, 0.15) is 56.4 Å². The molecule has 2 aliphatic rings. The molecule has 0 N–H and O–H groups in total. The molecule has 0 aromatic heterocycles. The molecule has 144 valence electrons. The summed E-state index contributed by atoms with van der Waals surface area (Å²) in [7, 11) is 5.94. The van der Waals surface area contributed by atoms with Crippen molar-refractivity contribution in [2.75, 3.05) is 34.3 Å². The zero-order valence-electron chi connectivity index (χ0n) is 16.6. The average molecular weight is 359 g/mol. The van der Waals surface area contributed by atoms with Crippen molar-refractivity contribution in [3.05, 3.63) is 29.8 Å². The quantitative estimate of drug-likeness (QED) is 0.773. The fraction of sp³-hybridized carbons (Fsp3) is 0.682. The molecule has 1 aliphatic heterocycles. The van der Waals surface area contributed by atoms with Crippen molar-refractivity contribution in [2.45, 2.75) is 56.9 Å². The average Bonchev–Trinajstić information content (AvgIpc) is 3.13. The maximum absolute atomic E-state index is 12.8. The highest BCUT2D eigenvalue weighted by Crippen LogP contribution is 2.33. The van der Waals surface area contributed by atoms with E-state index in [9.17, 15) is 4.79 Å². The molecular weight excluding hydrogens is 324 g/mol. The van der Waals surface area contributed by atoms with Crippen LogP contribution in [-0.2, 0) is 4.79 Å². The first-order valence-electron chi connectivity index (χ1n) is 10.2. The van der Waals surface area contributed by atoms with Crippen molar-refractivity contribution in [2.24, 2.45) is 5.92 Å². The van der Waals surface area contributed by atoms with E-state index in [1.165, 1.54) is 37.7 Å². The zero-order chi connectivity index (χ0) is 18.5. The van der Waals surface area contributed by atoms with Gasteiger partial charge in [-0.3, -0.25) is 4.79 Å². The molecule has 3 rings (SSSR count). The summed E-state index contributed by atoms with van der Waals surface area (Å²) < 4.78 is 5.28. The molecule has 1 aromatic carbocycles. The van der Waals surface area contributed by atoms with Crippen LogP contribution >= 0.6 is 0 Å². The van der Waals surface area contributed by atoms with Crippen LogP contribution in [0.4, 0.5) is 0 Å². The van der Waals surface area contributed by atoms with Crippen LogP contribution in [0.5, 0.6) is 5.75 Å². The summed E-state index contributed by atoms with van der Waals surface area (Å²) in [6.45, 7) is 1.67. The number of carbonyl (C=O) groups is 1. The molecule has 2 atom stereocenters. The number of likely N-dealkylation sites (N-methyl/N-ethyl adjacent to an activating group) is 1. The van der Waals surface area contributed by atoms with Gasteiger partial charge >= 0.3 is 0 Å². The van der Waals surface area contributed by atoms with Gasteiger partial charge in [0.05, 0.1) is 7.11 Å². The van der Waals surface area contributed by atoms with Crippen molar-refractivity contribution >= 4 is 5.91 Å². The number of ether oxygens (including phenoxy) is 1. The molecule has 4 heteroatoms. The van der Waals surface area contributed by atoms with Gasteiger partial charge in [-0.1, -0.05) is 44.2 Å². The Morgan fingerprint density at radius 2 is 1.81 bits per heavy atom. The third kappa shape index (κ3) is 4.59. The number of nitrogens with zero attached hydrogens (tertiary/aromatic N) is 2. The van der Waals surface area contributed by atoms with Crippen molar-refractivity contribution in [3.8, 4) is 5.75 Å². The number of likely N-dealkylation sites (tertiary alicyclic amines) is 1. The molecule has 0 radical (unpaired) electrons. The van der Waals surface area contributed by atoms with Gasteiger partial charge in [0.1, 0.15) is 5.75 Å². The van der Waals surface area contributed by atoms with Gasteiger partial charge in [-0.2, -0.15) is 0 Å². The lowest BCUT2D eigenvalue weighted by molar-refractivity contribution is -0.130. The molecule has 26 heavy (non-hydrogen) atoms. The Morgan fingerprint density at radius 3 is 2.42 bits per heavy atom. The van der Waals surface area contributed by atoms with Crippen molar-refractivity contribution in [3.63, 3.8) is 0 Å². The minimum absolute atomic E-state index is 0.346. The van der Waals surface area contributed by atoms with Crippen molar-refractivity contribution in [1.29, 1.82) is 0 Å². The van der Waals surface area contributed by atoms with E-state index >= 15 is 0 Å². The summed E-state index contributed by atoms with van der Waals surface area (Å²) >= 11 is 0. The first-order chi connectivity index (χ1) is 12.6. The maximum Gasteiger partial charge on any atom is 0.222 e. The Morgan fingerprint density at radius 1 is 1.12 bits per heavy atom. The fourth-order valence-electron chi connectivity index (χ4n) is 4.65. The van der Waals surface area contributed by atoms with E-state index in [-0.39, 0.29) is 0 Å². The molecule has 4 nitrogen and oxygen atoms in total. The Kier molecular flexibility index (Phi) is 6.58. The Labute approximate surface area is 158 Å². The number of hydrogen-bond acceptors (Lipinski definition) is 3. The molecule has 1 heterocycles. The number of carbonyl (C=O) groups excluding carboxylic acids is 1. The van der Waals surface area contributed by atoms with Crippen LogP contribution < -0.4 is 4.74 Å². The third-order valence-corrected chi connectivity index (χ3v) is 6.34. The van der Waals surface area contributed by atoms with E-state index in [0.717, 1.165) is 37.6 Å². The minimum atomic E-state index is 0.346. The van der Waals surface area contributed by atoms with Gasteiger partial charge in [0.15, 0.2) is 0 Å². The molecule has 1 aliphatic carbocycles. The summed E-state index contributed by atoms with van der Waals surface area (Å²) in [6.07, 6.45) is 8.53. The highest BCUT2D eigenvalue weighted by Gasteiger charge is 2.37. The zero-order valence-corrected chi connectivity index (χ0v) is 16.6. The lowest BCUT2D eigenvalue weighted by Crippen LogP contribution is -2.35. The van der Waals surface area contributed by atoms with E-state index in [1.807, 2.05) is 12.1 Å². The monoisotopic (exact) mass is 358 g/mol. The van der Waals surface area contributed by atoms with Crippen molar-refractivity contribution in [1.82, 2.24) is 9.80 Å². The summed E-state index contributed by atoms with van der Waals surface area (Å²) in [6, 6.07) is 8.72. The van der Waals surface area contributed by atoms with Gasteiger partial charge in [-0.25, -0.2) is 0 Å². The number of amides is 1. The molecule has 1 amide bonds. The van der Waals surface area contributed by atoms with Crippen LogP contribution in [0.15, 0.2) is 24.3 Å². The summed E-state index contributed by atoms with van der Waals surface area (Å²) in [5.74, 6) is 2.37. The van der Waals surface area contributed by atoms with Gasteiger partial charge in [0.25, 0.3) is 0 Å². The summed E-state index contributed by atoms with van der Waals surface area (Å²) in [5.41, 5.74) is 1.30. The van der Waals surface area contributed by atoms with Crippen LogP contribution in [0.2, 0.25) is 0 Å². The number of hydrogen-bond donors (Lipinski definition) is 0. The number of methoxy groups -OCH3 is 1. The molecule has 1 saturated heterocycles. The Bertz CT molecular complexity index is 578. The second-order valence-corrected chi connectivity index (χ2v) is 8.25. The van der Waals surface area contributed by atoms with Crippen LogP contribution in [0.25, 0.3) is 0 Å². The van der Waals surface area contributed by atoms with E-state index < -0.39 is 0 Å². The summed E-state index contributed by atoms with van der Waals surface area (Å²) in [5, 5.41) is 0. The third-order valence-electron chi connectivity index (χ3n) is 6.34. The lowest BCUT2D eigenvalue weighted by Gasteiger charge is -2.25. The predicted octanol–water partition coefficient (Wildman–Crippen LogP) is 3.91. The smallest absolute Gasteiger partial charge is 0.222 e. The fourth-order valence-corrected chi connectivity index (χ4v) is 4.65. The first-order valence-corrected chi connectivity index (χ1v) is 10.2. The highest BCUT2D eigenvalue weighted by atomic mass is 16.5. The maximum atomic E-state index is 12.8. The Hall–Kier alpha value is -1.55. The van der Waals surface area contributed by atoms with Crippen LogP contribution in [-0.4, -0.2) is 56.0 Å². The molecular formula is C22H34N2O2. The molecule has 2 fully saturated rings. The highest BCUT2D eigenvalue weighted by molar-refractivity contribution is 5.76. The number of benzene rings is 1. The summed E-state index contributed by atoms with van der Waals surface area (Å²) in [4.78, 5) is 17.2. The molecule has 0 unspecified atom stereocenters. The van der Waals surface area contributed by atoms with E-state index in [0.29, 0.717) is 17.9 Å². The standard InChI is InChI=1S/C22H34N2O2/c1-23(2)21-16-24(22(25)14-9-17-7-5-4-6-8-17)15-20(21)18-10-12-19(26-3)13-11-18/h10-13,17,20-21H,4-9,14-16H2,1-3H3/t20-,21+/m0/s1. The minimum Gasteiger partial charge on any atom is -0.497 e. The second kappa shape index (κ2) is 8.90. The topological polar surface area (TPSA) is 32.8 Å². The normalized spacial score (nSPS) is 24.2. The second-order valence-electron chi connectivity index (χ2n) is 8.25. The molecule has 0 bridgehead atoms. The van der Waals surface area contributed by atoms with E-state index in [4.69, 9.17) is 4.74 Å². The van der Waals surface area contributed by atoms with Gasteiger partial charge in [0.2, 0.25) is 5.91 Å². The molecule has 0 spiro atoms. The van der Waals surface area contributed by atoms with E-state index in [1.54, 1.807) is 7.11 Å². The van der Waals surface area contributed by atoms with Crippen LogP contribution in [0.3, 0.4) is 0 Å². The van der Waals surface area contributed by atoms with Crippen LogP contribution in [0, 0.1) is 5.92 Å². The van der Waals surface area contributed by atoms with Gasteiger partial charge in [-0.15, -0.1) is 0 Å². The van der Waals surface area contributed by atoms with Gasteiger partial charge in [-0.05, 0) is 44.1 Å². The molecule has 1 aromatic rings. The van der Waals surface area contributed by atoms with Crippen molar-refractivity contribution < 1.29 is 9.53 Å². The Balaban J connectivity index is 1.61.